The van der Waals surface area contributed by atoms with Crippen LogP contribution in [0.3, 0.4) is 0 Å². The molecule has 0 aromatic heterocycles. The van der Waals surface area contributed by atoms with Crippen molar-refractivity contribution in [2.75, 3.05) is 11.9 Å². The van der Waals surface area contributed by atoms with Gasteiger partial charge in [-0.05, 0) is 54.8 Å². The van der Waals surface area contributed by atoms with Crippen molar-refractivity contribution in [3.63, 3.8) is 0 Å². The molecule has 0 aliphatic rings. The first kappa shape index (κ1) is 20.2. The minimum atomic E-state index is -0.641. The molecule has 0 bridgehead atoms. The van der Waals surface area contributed by atoms with E-state index in [1.54, 1.807) is 13.0 Å². The molecule has 1 unspecified atom stereocenters. The molecular weight excluding hydrogens is 362 g/mol. The normalized spacial score (nSPS) is 11.4. The number of hydrogen-bond donors (Lipinski definition) is 1. The molecule has 148 valence electrons. The van der Waals surface area contributed by atoms with Crippen LogP contribution in [0.4, 0.5) is 5.69 Å². The highest BCUT2D eigenvalue weighted by molar-refractivity contribution is 5.94. The minimum absolute atomic E-state index is 0.228. The second kappa shape index (κ2) is 9.60. The number of carbonyl (C=O) groups excluding carboxylic acids is 1. The van der Waals surface area contributed by atoms with E-state index < -0.39 is 6.10 Å². The number of anilines is 1. The maximum atomic E-state index is 12.5. The molecular formula is C25H25NO3. The van der Waals surface area contributed by atoms with Crippen LogP contribution in [0.1, 0.15) is 13.8 Å². The van der Waals surface area contributed by atoms with E-state index in [0.717, 1.165) is 16.7 Å². The smallest absolute Gasteiger partial charge is 0.265 e. The summed E-state index contributed by atoms with van der Waals surface area (Å²) in [6, 6.07) is 25.1. The molecule has 0 fully saturated rings. The minimum Gasteiger partial charge on any atom is -0.489 e. The summed E-state index contributed by atoms with van der Waals surface area (Å²) in [7, 11) is 0. The van der Waals surface area contributed by atoms with E-state index in [0.29, 0.717) is 23.8 Å². The standard InChI is InChI=1S/C25H25NO3/c1-18(2)17-28-24-11-7-10-22(16-24)26-25(27)19(3)29-23-14-12-21(13-15-23)20-8-5-4-6-9-20/h4-16,19H,1,17H2,2-3H3,(H,26,27). The van der Waals surface area contributed by atoms with Crippen molar-refractivity contribution in [3.8, 4) is 22.6 Å². The maximum absolute atomic E-state index is 12.5. The van der Waals surface area contributed by atoms with Crippen molar-refractivity contribution < 1.29 is 14.3 Å². The highest BCUT2D eigenvalue weighted by Crippen LogP contribution is 2.23. The van der Waals surface area contributed by atoms with Gasteiger partial charge in [-0.2, -0.15) is 0 Å². The van der Waals surface area contributed by atoms with Crippen molar-refractivity contribution in [2.45, 2.75) is 20.0 Å². The third kappa shape index (κ3) is 5.98. The van der Waals surface area contributed by atoms with Gasteiger partial charge in [0.05, 0.1) is 0 Å². The van der Waals surface area contributed by atoms with Crippen molar-refractivity contribution in [3.05, 3.63) is 91.0 Å². The fourth-order valence-corrected chi connectivity index (χ4v) is 2.73. The third-order valence-electron chi connectivity index (χ3n) is 4.23. The summed E-state index contributed by atoms with van der Waals surface area (Å²) in [6.07, 6.45) is -0.641. The van der Waals surface area contributed by atoms with Crippen LogP contribution in [0.25, 0.3) is 11.1 Å². The molecule has 29 heavy (non-hydrogen) atoms. The molecule has 0 spiro atoms. The molecule has 1 atom stereocenters. The number of hydrogen-bond acceptors (Lipinski definition) is 3. The van der Waals surface area contributed by atoms with Crippen molar-refractivity contribution in [1.29, 1.82) is 0 Å². The van der Waals surface area contributed by atoms with Crippen LogP contribution >= 0.6 is 0 Å². The Morgan fingerprint density at radius 1 is 0.931 bits per heavy atom. The summed E-state index contributed by atoms with van der Waals surface area (Å²) in [4.78, 5) is 12.5. The van der Waals surface area contributed by atoms with Gasteiger partial charge in [0, 0.05) is 11.8 Å². The Labute approximate surface area is 171 Å². The van der Waals surface area contributed by atoms with Crippen molar-refractivity contribution in [2.24, 2.45) is 0 Å². The fourth-order valence-electron chi connectivity index (χ4n) is 2.73. The fraction of sp³-hybridized carbons (Fsp3) is 0.160. The van der Waals surface area contributed by atoms with E-state index in [9.17, 15) is 4.79 Å². The SMILES string of the molecule is C=C(C)COc1cccc(NC(=O)C(C)Oc2ccc(-c3ccccc3)cc2)c1. The van der Waals surface area contributed by atoms with Gasteiger partial charge in [-0.1, -0.05) is 55.1 Å². The first-order chi connectivity index (χ1) is 14.0. The van der Waals surface area contributed by atoms with Crippen LogP contribution in [-0.2, 0) is 4.79 Å². The van der Waals surface area contributed by atoms with Gasteiger partial charge in [0.1, 0.15) is 18.1 Å². The Morgan fingerprint density at radius 3 is 2.31 bits per heavy atom. The first-order valence-corrected chi connectivity index (χ1v) is 9.51. The van der Waals surface area contributed by atoms with Gasteiger partial charge < -0.3 is 14.8 Å². The van der Waals surface area contributed by atoms with Crippen LogP contribution in [0.2, 0.25) is 0 Å². The molecule has 0 saturated heterocycles. The van der Waals surface area contributed by atoms with Gasteiger partial charge in [0.15, 0.2) is 6.10 Å². The summed E-state index contributed by atoms with van der Waals surface area (Å²) in [5.74, 6) is 1.09. The van der Waals surface area contributed by atoms with E-state index in [4.69, 9.17) is 9.47 Å². The number of rotatable bonds is 8. The van der Waals surface area contributed by atoms with Gasteiger partial charge in [0.2, 0.25) is 0 Å². The molecule has 0 radical (unpaired) electrons. The second-order valence-corrected chi connectivity index (χ2v) is 6.91. The lowest BCUT2D eigenvalue weighted by molar-refractivity contribution is -0.122. The highest BCUT2D eigenvalue weighted by atomic mass is 16.5. The number of nitrogens with one attached hydrogen (secondary N) is 1. The van der Waals surface area contributed by atoms with Crippen LogP contribution in [0.15, 0.2) is 91.0 Å². The van der Waals surface area contributed by atoms with E-state index in [-0.39, 0.29) is 5.91 Å². The summed E-state index contributed by atoms with van der Waals surface area (Å²) in [5.41, 5.74) is 3.82. The van der Waals surface area contributed by atoms with Crippen LogP contribution in [0, 0.1) is 0 Å². The molecule has 3 rings (SSSR count). The van der Waals surface area contributed by atoms with Crippen LogP contribution < -0.4 is 14.8 Å². The average molecular weight is 387 g/mol. The summed E-state index contributed by atoms with van der Waals surface area (Å²) in [6.45, 7) is 7.88. The maximum Gasteiger partial charge on any atom is 0.265 e. The molecule has 3 aromatic rings. The van der Waals surface area contributed by atoms with Gasteiger partial charge in [-0.15, -0.1) is 0 Å². The quantitative estimate of drug-likeness (QED) is 0.503. The van der Waals surface area contributed by atoms with Crippen LogP contribution in [0.5, 0.6) is 11.5 Å². The summed E-state index contributed by atoms with van der Waals surface area (Å²) in [5, 5.41) is 2.86. The topological polar surface area (TPSA) is 47.6 Å². The van der Waals surface area contributed by atoms with Gasteiger partial charge in [-0.3, -0.25) is 4.79 Å². The summed E-state index contributed by atoms with van der Waals surface area (Å²) < 4.78 is 11.4. The number of ether oxygens (including phenoxy) is 2. The van der Waals surface area contributed by atoms with E-state index in [1.807, 2.05) is 67.6 Å². The third-order valence-corrected chi connectivity index (χ3v) is 4.23. The second-order valence-electron chi connectivity index (χ2n) is 6.91. The van der Waals surface area contributed by atoms with E-state index in [2.05, 4.69) is 24.0 Å². The Morgan fingerprint density at radius 2 is 1.62 bits per heavy atom. The lowest BCUT2D eigenvalue weighted by atomic mass is 10.1. The molecule has 0 aliphatic carbocycles. The zero-order valence-corrected chi connectivity index (χ0v) is 16.7. The summed E-state index contributed by atoms with van der Waals surface area (Å²) >= 11 is 0. The van der Waals surface area contributed by atoms with E-state index in [1.165, 1.54) is 0 Å². The number of carbonyl (C=O) groups is 1. The van der Waals surface area contributed by atoms with E-state index >= 15 is 0 Å². The Kier molecular flexibility index (Phi) is 6.69. The molecule has 0 aliphatic heterocycles. The lowest BCUT2D eigenvalue weighted by Gasteiger charge is -2.15. The molecule has 0 saturated carbocycles. The molecule has 0 heterocycles. The monoisotopic (exact) mass is 387 g/mol. The van der Waals surface area contributed by atoms with Crippen molar-refractivity contribution >= 4 is 11.6 Å². The molecule has 1 N–H and O–H groups in total. The van der Waals surface area contributed by atoms with Crippen LogP contribution in [-0.4, -0.2) is 18.6 Å². The van der Waals surface area contributed by atoms with Gasteiger partial charge in [0.25, 0.3) is 5.91 Å². The molecule has 4 heteroatoms. The number of amides is 1. The van der Waals surface area contributed by atoms with Gasteiger partial charge in [-0.25, -0.2) is 0 Å². The Bertz CT molecular complexity index is 965. The molecule has 1 amide bonds. The Balaban J connectivity index is 1.58. The predicted molar refractivity (Wildman–Crippen MR) is 117 cm³/mol. The van der Waals surface area contributed by atoms with Gasteiger partial charge >= 0.3 is 0 Å². The highest BCUT2D eigenvalue weighted by Gasteiger charge is 2.15. The zero-order chi connectivity index (χ0) is 20.6. The zero-order valence-electron chi connectivity index (χ0n) is 16.7. The van der Waals surface area contributed by atoms with Crippen molar-refractivity contribution in [1.82, 2.24) is 0 Å². The average Bonchev–Trinajstić information content (AvgIpc) is 2.73. The predicted octanol–water partition coefficient (Wildman–Crippen LogP) is 5.71. The Hall–Kier alpha value is -3.53. The largest absolute Gasteiger partial charge is 0.489 e. The first-order valence-electron chi connectivity index (χ1n) is 9.51. The molecule has 4 nitrogen and oxygen atoms in total. The molecule has 3 aromatic carbocycles. The lowest BCUT2D eigenvalue weighted by Crippen LogP contribution is -2.30. The number of benzene rings is 3.